The number of amides is 2. The SMILES string of the molecule is Cc1ccc(NC(=O)CCC(=O)N/N=C\c2c[nH]c3ccccc23)cc1C. The van der Waals surface area contributed by atoms with E-state index in [2.05, 4.69) is 20.8 Å². The summed E-state index contributed by atoms with van der Waals surface area (Å²) in [6, 6.07) is 13.6. The second-order valence-corrected chi connectivity index (χ2v) is 6.43. The van der Waals surface area contributed by atoms with Crippen molar-refractivity contribution in [1.29, 1.82) is 0 Å². The van der Waals surface area contributed by atoms with E-state index in [1.165, 1.54) is 5.56 Å². The van der Waals surface area contributed by atoms with Crippen molar-refractivity contribution in [3.05, 3.63) is 65.4 Å². The molecule has 0 radical (unpaired) electrons. The first-order valence-corrected chi connectivity index (χ1v) is 8.78. The van der Waals surface area contributed by atoms with Crippen LogP contribution >= 0.6 is 0 Å². The van der Waals surface area contributed by atoms with E-state index in [1.54, 1.807) is 6.21 Å². The van der Waals surface area contributed by atoms with Crippen LogP contribution in [0.3, 0.4) is 0 Å². The van der Waals surface area contributed by atoms with E-state index in [0.29, 0.717) is 0 Å². The fraction of sp³-hybridized carbons (Fsp3) is 0.190. The third-order valence-corrected chi connectivity index (χ3v) is 4.38. The van der Waals surface area contributed by atoms with Gasteiger partial charge in [0.1, 0.15) is 0 Å². The fourth-order valence-corrected chi connectivity index (χ4v) is 2.70. The summed E-state index contributed by atoms with van der Waals surface area (Å²) >= 11 is 0. The van der Waals surface area contributed by atoms with Crippen LogP contribution in [0, 0.1) is 13.8 Å². The molecule has 6 nitrogen and oxygen atoms in total. The van der Waals surface area contributed by atoms with Gasteiger partial charge in [-0.2, -0.15) is 5.10 Å². The van der Waals surface area contributed by atoms with Gasteiger partial charge in [-0.05, 0) is 43.2 Å². The van der Waals surface area contributed by atoms with Gasteiger partial charge in [-0.3, -0.25) is 9.59 Å². The maximum absolute atomic E-state index is 12.0. The molecule has 0 unspecified atom stereocenters. The van der Waals surface area contributed by atoms with Crippen molar-refractivity contribution in [2.45, 2.75) is 26.7 Å². The predicted molar refractivity (Wildman–Crippen MR) is 108 cm³/mol. The lowest BCUT2D eigenvalue weighted by Crippen LogP contribution is -2.20. The first-order valence-electron chi connectivity index (χ1n) is 8.78. The van der Waals surface area contributed by atoms with Gasteiger partial charge in [0.05, 0.1) is 6.21 Å². The Morgan fingerprint density at radius 3 is 2.63 bits per heavy atom. The van der Waals surface area contributed by atoms with Crippen LogP contribution in [0.2, 0.25) is 0 Å². The molecule has 1 heterocycles. The number of hydrazone groups is 1. The normalized spacial score (nSPS) is 11.0. The van der Waals surface area contributed by atoms with Crippen LogP contribution in [0.4, 0.5) is 5.69 Å². The van der Waals surface area contributed by atoms with Crippen LogP contribution in [0.1, 0.15) is 29.5 Å². The van der Waals surface area contributed by atoms with E-state index in [-0.39, 0.29) is 24.7 Å². The summed E-state index contributed by atoms with van der Waals surface area (Å²) in [6.07, 6.45) is 3.59. The molecular weight excluding hydrogens is 340 g/mol. The molecule has 3 N–H and O–H groups in total. The van der Waals surface area contributed by atoms with Crippen molar-refractivity contribution in [3.63, 3.8) is 0 Å². The van der Waals surface area contributed by atoms with Crippen LogP contribution in [-0.2, 0) is 9.59 Å². The Hall–Kier alpha value is -3.41. The molecule has 0 spiro atoms. The van der Waals surface area contributed by atoms with E-state index in [0.717, 1.165) is 27.7 Å². The van der Waals surface area contributed by atoms with Crippen molar-refractivity contribution >= 4 is 34.6 Å². The minimum atomic E-state index is -0.304. The van der Waals surface area contributed by atoms with E-state index >= 15 is 0 Å². The Bertz CT molecular complexity index is 1000. The van der Waals surface area contributed by atoms with E-state index in [4.69, 9.17) is 0 Å². The zero-order valence-electron chi connectivity index (χ0n) is 15.4. The smallest absolute Gasteiger partial charge is 0.240 e. The molecule has 0 bridgehead atoms. The van der Waals surface area contributed by atoms with Crippen molar-refractivity contribution in [1.82, 2.24) is 10.4 Å². The molecule has 0 atom stereocenters. The average molecular weight is 362 g/mol. The lowest BCUT2D eigenvalue weighted by Gasteiger charge is -2.07. The minimum absolute atomic E-state index is 0.0713. The number of para-hydroxylation sites is 1. The number of aryl methyl sites for hydroxylation is 2. The maximum Gasteiger partial charge on any atom is 0.240 e. The molecule has 0 saturated carbocycles. The Kier molecular flexibility index (Phi) is 5.66. The summed E-state index contributed by atoms with van der Waals surface area (Å²) < 4.78 is 0. The number of H-pyrrole nitrogens is 1. The second kappa shape index (κ2) is 8.31. The Balaban J connectivity index is 1.46. The highest BCUT2D eigenvalue weighted by atomic mass is 16.2. The molecular formula is C21H22N4O2. The van der Waals surface area contributed by atoms with Crippen LogP contribution in [-0.4, -0.2) is 23.0 Å². The Labute approximate surface area is 157 Å². The number of anilines is 1. The molecule has 3 aromatic rings. The van der Waals surface area contributed by atoms with Crippen LogP contribution in [0.5, 0.6) is 0 Å². The summed E-state index contributed by atoms with van der Waals surface area (Å²) in [5, 5.41) is 7.80. The molecule has 0 aliphatic carbocycles. The number of rotatable bonds is 6. The van der Waals surface area contributed by atoms with Gasteiger partial charge in [0.15, 0.2) is 0 Å². The average Bonchev–Trinajstić information content (AvgIpc) is 3.06. The minimum Gasteiger partial charge on any atom is -0.361 e. The molecule has 3 rings (SSSR count). The van der Waals surface area contributed by atoms with E-state index < -0.39 is 0 Å². The molecule has 0 saturated heterocycles. The summed E-state index contributed by atoms with van der Waals surface area (Å²) in [5.74, 6) is -0.504. The monoisotopic (exact) mass is 362 g/mol. The molecule has 0 aliphatic heterocycles. The first kappa shape index (κ1) is 18.4. The zero-order valence-corrected chi connectivity index (χ0v) is 15.4. The number of carbonyl (C=O) groups excluding carboxylic acids is 2. The van der Waals surface area contributed by atoms with Gasteiger partial charge in [-0.25, -0.2) is 5.43 Å². The molecule has 0 aliphatic rings. The Morgan fingerprint density at radius 2 is 1.81 bits per heavy atom. The quantitative estimate of drug-likeness (QED) is 0.462. The molecule has 2 amide bonds. The van der Waals surface area contributed by atoms with Crippen LogP contribution in [0.25, 0.3) is 10.9 Å². The highest BCUT2D eigenvalue weighted by Gasteiger charge is 2.07. The second-order valence-electron chi connectivity index (χ2n) is 6.43. The number of hydrogen-bond donors (Lipinski definition) is 3. The van der Waals surface area contributed by atoms with Crippen LogP contribution in [0.15, 0.2) is 53.8 Å². The molecule has 2 aromatic carbocycles. The van der Waals surface area contributed by atoms with Gasteiger partial charge in [0.25, 0.3) is 0 Å². The molecule has 0 fully saturated rings. The van der Waals surface area contributed by atoms with Crippen molar-refractivity contribution in [3.8, 4) is 0 Å². The van der Waals surface area contributed by atoms with Gasteiger partial charge in [-0.1, -0.05) is 24.3 Å². The lowest BCUT2D eigenvalue weighted by molar-refractivity contribution is -0.124. The number of nitrogens with zero attached hydrogens (tertiary/aromatic N) is 1. The highest BCUT2D eigenvalue weighted by Crippen LogP contribution is 2.16. The number of hydrogen-bond acceptors (Lipinski definition) is 3. The number of fused-ring (bicyclic) bond motifs is 1. The molecule has 138 valence electrons. The highest BCUT2D eigenvalue weighted by molar-refractivity contribution is 5.99. The summed E-state index contributed by atoms with van der Waals surface area (Å²) in [7, 11) is 0. The van der Waals surface area contributed by atoms with E-state index in [1.807, 2.05) is 62.5 Å². The van der Waals surface area contributed by atoms with Gasteiger partial charge in [0, 0.05) is 41.2 Å². The number of carbonyl (C=O) groups is 2. The zero-order chi connectivity index (χ0) is 19.2. The molecule has 27 heavy (non-hydrogen) atoms. The standard InChI is InChI=1S/C21H22N4O2/c1-14-7-8-17(11-15(14)2)24-20(26)9-10-21(27)25-23-13-16-12-22-19-6-4-3-5-18(16)19/h3-8,11-13,22H,9-10H2,1-2H3,(H,24,26)(H,25,27)/b23-13-. The van der Waals surface area contributed by atoms with E-state index in [9.17, 15) is 9.59 Å². The number of aromatic nitrogens is 1. The van der Waals surface area contributed by atoms with Gasteiger partial charge < -0.3 is 10.3 Å². The van der Waals surface area contributed by atoms with Gasteiger partial charge >= 0.3 is 0 Å². The summed E-state index contributed by atoms with van der Waals surface area (Å²) in [5.41, 5.74) is 7.37. The lowest BCUT2D eigenvalue weighted by atomic mass is 10.1. The van der Waals surface area contributed by atoms with Crippen molar-refractivity contribution in [2.24, 2.45) is 5.10 Å². The maximum atomic E-state index is 12.0. The summed E-state index contributed by atoms with van der Waals surface area (Å²) in [4.78, 5) is 27.0. The van der Waals surface area contributed by atoms with Crippen molar-refractivity contribution in [2.75, 3.05) is 5.32 Å². The number of benzene rings is 2. The van der Waals surface area contributed by atoms with Gasteiger partial charge in [0.2, 0.25) is 11.8 Å². The molecule has 6 heteroatoms. The topological polar surface area (TPSA) is 86.3 Å². The Morgan fingerprint density at radius 1 is 1.04 bits per heavy atom. The third kappa shape index (κ3) is 4.82. The van der Waals surface area contributed by atoms with Crippen molar-refractivity contribution < 1.29 is 9.59 Å². The summed E-state index contributed by atoms with van der Waals surface area (Å²) in [6.45, 7) is 4.01. The first-order chi connectivity index (χ1) is 13.0. The van der Waals surface area contributed by atoms with Crippen LogP contribution < -0.4 is 10.7 Å². The number of aromatic amines is 1. The van der Waals surface area contributed by atoms with Gasteiger partial charge in [-0.15, -0.1) is 0 Å². The fourth-order valence-electron chi connectivity index (χ4n) is 2.70. The molecule has 1 aromatic heterocycles. The predicted octanol–water partition coefficient (Wildman–Crippen LogP) is 3.65. The third-order valence-electron chi connectivity index (χ3n) is 4.38. The largest absolute Gasteiger partial charge is 0.361 e. The number of nitrogens with one attached hydrogen (secondary N) is 3.